The molecule has 0 spiro atoms. The molecule has 0 aromatic heterocycles. The van der Waals surface area contributed by atoms with Crippen LogP contribution >= 0.6 is 22.6 Å². The van der Waals surface area contributed by atoms with Crippen LogP contribution in [0.3, 0.4) is 0 Å². The van der Waals surface area contributed by atoms with Crippen LogP contribution in [0.4, 0.5) is 0 Å². The minimum absolute atomic E-state index is 0.0193. The van der Waals surface area contributed by atoms with Gasteiger partial charge in [-0.3, -0.25) is 4.79 Å². The average Bonchev–Trinajstić information content (AvgIpc) is 2.39. The zero-order valence-corrected chi connectivity index (χ0v) is 12.3. The summed E-state index contributed by atoms with van der Waals surface area (Å²) in [6, 6.07) is 15.2. The molecule has 0 aliphatic heterocycles. The van der Waals surface area contributed by atoms with Gasteiger partial charge in [-0.05, 0) is 45.9 Å². The highest BCUT2D eigenvalue weighted by atomic mass is 127. The maximum atomic E-state index is 10.8. The first kappa shape index (κ1) is 13.9. The van der Waals surface area contributed by atoms with E-state index in [1.165, 1.54) is 0 Å². The summed E-state index contributed by atoms with van der Waals surface area (Å²) in [6.45, 7) is 0.378. The van der Waals surface area contributed by atoms with Crippen molar-refractivity contribution in [2.75, 3.05) is 0 Å². The van der Waals surface area contributed by atoms with Crippen LogP contribution in [0.2, 0.25) is 0 Å². The number of hydrogen-bond donors (Lipinski definition) is 1. The third-order valence-corrected chi connectivity index (χ3v) is 3.57. The lowest BCUT2D eigenvalue weighted by molar-refractivity contribution is -0.136. The molecular formula is C15H13IO3. The highest BCUT2D eigenvalue weighted by Crippen LogP contribution is 2.21. The Morgan fingerprint density at radius 2 is 1.68 bits per heavy atom. The fourth-order valence-electron chi connectivity index (χ4n) is 1.75. The predicted octanol–water partition coefficient (Wildman–Crippen LogP) is 3.50. The van der Waals surface area contributed by atoms with Crippen LogP contribution in [0.15, 0.2) is 48.5 Å². The number of halogens is 1. The van der Waals surface area contributed by atoms with E-state index in [1.54, 1.807) is 0 Å². The number of hydrogen-bond acceptors (Lipinski definition) is 2. The van der Waals surface area contributed by atoms with E-state index < -0.39 is 5.97 Å². The Hall–Kier alpha value is -1.56. The molecule has 19 heavy (non-hydrogen) atoms. The molecule has 0 atom stereocenters. The lowest BCUT2D eigenvalue weighted by Gasteiger charge is -2.11. The van der Waals surface area contributed by atoms with E-state index in [4.69, 9.17) is 9.84 Å². The summed E-state index contributed by atoms with van der Waals surface area (Å²) in [6.07, 6.45) is 0.0193. The van der Waals surface area contributed by atoms with Crippen molar-refractivity contribution in [3.63, 3.8) is 0 Å². The van der Waals surface area contributed by atoms with Gasteiger partial charge in [0.2, 0.25) is 0 Å². The fourth-order valence-corrected chi connectivity index (χ4v) is 2.29. The van der Waals surface area contributed by atoms with Crippen LogP contribution in [0.5, 0.6) is 5.75 Å². The van der Waals surface area contributed by atoms with Crippen molar-refractivity contribution in [1.29, 1.82) is 0 Å². The van der Waals surface area contributed by atoms with Crippen LogP contribution in [-0.4, -0.2) is 11.1 Å². The lowest BCUT2D eigenvalue weighted by Crippen LogP contribution is -2.06. The van der Waals surface area contributed by atoms with Gasteiger partial charge in [-0.15, -0.1) is 0 Å². The first-order valence-corrected chi connectivity index (χ1v) is 6.90. The number of para-hydroxylation sites is 1. The summed E-state index contributed by atoms with van der Waals surface area (Å²) in [5, 5.41) is 8.88. The molecule has 2 aromatic rings. The van der Waals surface area contributed by atoms with Crippen LogP contribution in [0.1, 0.15) is 11.1 Å². The van der Waals surface area contributed by atoms with Gasteiger partial charge >= 0.3 is 5.97 Å². The SMILES string of the molecule is O=C(O)Cc1ccccc1COc1ccccc1I. The molecule has 98 valence electrons. The molecule has 1 N–H and O–H groups in total. The van der Waals surface area contributed by atoms with Gasteiger partial charge in [0, 0.05) is 0 Å². The molecule has 0 radical (unpaired) electrons. The van der Waals surface area contributed by atoms with Crippen molar-refractivity contribution in [1.82, 2.24) is 0 Å². The smallest absolute Gasteiger partial charge is 0.307 e. The first-order chi connectivity index (χ1) is 9.16. The first-order valence-electron chi connectivity index (χ1n) is 5.82. The minimum atomic E-state index is -0.832. The average molecular weight is 368 g/mol. The molecule has 0 aliphatic carbocycles. The van der Waals surface area contributed by atoms with Crippen molar-refractivity contribution in [2.45, 2.75) is 13.0 Å². The predicted molar refractivity (Wildman–Crippen MR) is 81.3 cm³/mol. The second kappa shape index (κ2) is 6.56. The Morgan fingerprint density at radius 3 is 2.37 bits per heavy atom. The summed E-state index contributed by atoms with van der Waals surface area (Å²) in [5.74, 6) is -0.0185. The number of carboxylic acid groups (broad SMARTS) is 1. The Kier molecular flexibility index (Phi) is 4.79. The van der Waals surface area contributed by atoms with E-state index in [9.17, 15) is 4.79 Å². The molecule has 2 aromatic carbocycles. The van der Waals surface area contributed by atoms with E-state index in [-0.39, 0.29) is 6.42 Å². The standard InChI is InChI=1S/C15H13IO3/c16-13-7-3-4-8-14(13)19-10-12-6-2-1-5-11(12)9-15(17)18/h1-8H,9-10H2,(H,17,18). The van der Waals surface area contributed by atoms with Gasteiger partial charge in [-0.25, -0.2) is 0 Å². The summed E-state index contributed by atoms with van der Waals surface area (Å²) in [5.41, 5.74) is 1.70. The maximum absolute atomic E-state index is 10.8. The lowest BCUT2D eigenvalue weighted by atomic mass is 10.1. The van der Waals surface area contributed by atoms with Gasteiger partial charge < -0.3 is 9.84 Å². The molecule has 0 saturated heterocycles. The molecule has 0 unspecified atom stereocenters. The summed E-state index contributed by atoms with van der Waals surface area (Å²) in [7, 11) is 0. The van der Waals surface area contributed by atoms with Crippen LogP contribution < -0.4 is 4.74 Å². The Bertz CT molecular complexity index is 581. The van der Waals surface area contributed by atoms with Crippen molar-refractivity contribution in [2.24, 2.45) is 0 Å². The van der Waals surface area contributed by atoms with Crippen LogP contribution in [0.25, 0.3) is 0 Å². The second-order valence-electron chi connectivity index (χ2n) is 4.06. The Morgan fingerprint density at radius 1 is 1.05 bits per heavy atom. The molecule has 3 nitrogen and oxygen atoms in total. The summed E-state index contributed by atoms with van der Waals surface area (Å²) in [4.78, 5) is 10.8. The number of ether oxygens (including phenoxy) is 1. The third-order valence-electron chi connectivity index (χ3n) is 2.68. The van der Waals surface area contributed by atoms with E-state index in [2.05, 4.69) is 22.6 Å². The summed E-state index contributed by atoms with van der Waals surface area (Å²) >= 11 is 2.21. The van der Waals surface area contributed by atoms with E-state index in [0.717, 1.165) is 20.4 Å². The molecule has 4 heteroatoms. The highest BCUT2D eigenvalue weighted by Gasteiger charge is 2.07. The van der Waals surface area contributed by atoms with Gasteiger partial charge in [0.25, 0.3) is 0 Å². The van der Waals surface area contributed by atoms with E-state index in [1.807, 2.05) is 48.5 Å². The summed E-state index contributed by atoms with van der Waals surface area (Å²) < 4.78 is 6.78. The van der Waals surface area contributed by atoms with E-state index >= 15 is 0 Å². The monoisotopic (exact) mass is 368 g/mol. The van der Waals surface area contributed by atoms with Crippen molar-refractivity contribution in [3.05, 3.63) is 63.2 Å². The van der Waals surface area contributed by atoms with Crippen molar-refractivity contribution in [3.8, 4) is 5.75 Å². The largest absolute Gasteiger partial charge is 0.488 e. The quantitative estimate of drug-likeness (QED) is 0.822. The van der Waals surface area contributed by atoms with Crippen molar-refractivity contribution < 1.29 is 14.6 Å². The van der Waals surface area contributed by atoms with Crippen LogP contribution in [-0.2, 0) is 17.8 Å². The Labute approximate surface area is 125 Å². The molecule has 0 heterocycles. The van der Waals surface area contributed by atoms with Gasteiger partial charge in [-0.2, -0.15) is 0 Å². The molecule has 0 bridgehead atoms. The van der Waals surface area contributed by atoms with Crippen molar-refractivity contribution >= 4 is 28.6 Å². The van der Waals surface area contributed by atoms with Gasteiger partial charge in [0.1, 0.15) is 12.4 Å². The topological polar surface area (TPSA) is 46.5 Å². The zero-order valence-electron chi connectivity index (χ0n) is 10.2. The zero-order chi connectivity index (χ0) is 13.7. The normalized spacial score (nSPS) is 10.2. The second-order valence-corrected chi connectivity index (χ2v) is 5.22. The molecule has 0 fully saturated rings. The fraction of sp³-hybridized carbons (Fsp3) is 0.133. The number of aliphatic carboxylic acids is 1. The number of carbonyl (C=O) groups is 1. The Balaban J connectivity index is 2.11. The number of benzene rings is 2. The van der Waals surface area contributed by atoms with Gasteiger partial charge in [-0.1, -0.05) is 36.4 Å². The molecule has 0 aliphatic rings. The third kappa shape index (κ3) is 3.96. The maximum Gasteiger partial charge on any atom is 0.307 e. The van der Waals surface area contributed by atoms with Crippen LogP contribution in [0, 0.1) is 3.57 Å². The highest BCUT2D eigenvalue weighted by molar-refractivity contribution is 14.1. The molecule has 2 rings (SSSR count). The van der Waals surface area contributed by atoms with E-state index in [0.29, 0.717) is 6.61 Å². The number of rotatable bonds is 5. The molecule has 0 amide bonds. The van der Waals surface area contributed by atoms with Gasteiger partial charge in [0.15, 0.2) is 0 Å². The molecular weight excluding hydrogens is 355 g/mol. The number of carboxylic acids is 1. The molecule has 0 saturated carbocycles. The minimum Gasteiger partial charge on any atom is -0.488 e. The van der Waals surface area contributed by atoms with Gasteiger partial charge in [0.05, 0.1) is 9.99 Å².